The highest BCUT2D eigenvalue weighted by molar-refractivity contribution is 5.40. The third-order valence-corrected chi connectivity index (χ3v) is 3.08. The van der Waals surface area contributed by atoms with Crippen LogP contribution in [0, 0.1) is 5.92 Å². The van der Waals surface area contributed by atoms with Crippen molar-refractivity contribution < 1.29 is 4.74 Å². The number of benzene rings is 1. The van der Waals surface area contributed by atoms with Crippen LogP contribution in [0.3, 0.4) is 0 Å². The Kier molecular flexibility index (Phi) is 2.96. The van der Waals surface area contributed by atoms with Crippen LogP contribution in [0.2, 0.25) is 0 Å². The van der Waals surface area contributed by atoms with E-state index >= 15 is 0 Å². The Morgan fingerprint density at radius 2 is 2.20 bits per heavy atom. The molecule has 1 aromatic carbocycles. The third kappa shape index (κ3) is 2.32. The third-order valence-electron chi connectivity index (χ3n) is 3.08. The van der Waals surface area contributed by atoms with E-state index in [1.54, 1.807) is 0 Å². The standard InChI is InChI=1S/C13H19NO/c1-9(2)12(14)8-10-3-4-13-11(7-10)5-6-15-13/h3-4,7,9,12H,5-6,8,14H2,1-2H3. The van der Waals surface area contributed by atoms with Gasteiger partial charge in [-0.3, -0.25) is 0 Å². The van der Waals surface area contributed by atoms with E-state index in [4.69, 9.17) is 10.5 Å². The largest absolute Gasteiger partial charge is 0.493 e. The molecule has 1 aromatic rings. The number of ether oxygens (including phenoxy) is 1. The Bertz CT molecular complexity index is 346. The molecule has 2 rings (SSSR count). The summed E-state index contributed by atoms with van der Waals surface area (Å²) in [6, 6.07) is 6.70. The minimum Gasteiger partial charge on any atom is -0.493 e. The molecule has 0 bridgehead atoms. The van der Waals surface area contributed by atoms with Gasteiger partial charge in [-0.25, -0.2) is 0 Å². The van der Waals surface area contributed by atoms with Crippen LogP contribution in [0.5, 0.6) is 5.75 Å². The summed E-state index contributed by atoms with van der Waals surface area (Å²) in [4.78, 5) is 0. The predicted octanol–water partition coefficient (Wildman–Crippen LogP) is 2.15. The quantitative estimate of drug-likeness (QED) is 0.820. The molecule has 1 heterocycles. The van der Waals surface area contributed by atoms with Gasteiger partial charge in [-0.2, -0.15) is 0 Å². The summed E-state index contributed by atoms with van der Waals surface area (Å²) in [5, 5.41) is 0. The van der Waals surface area contributed by atoms with Gasteiger partial charge in [0.15, 0.2) is 0 Å². The summed E-state index contributed by atoms with van der Waals surface area (Å²) in [5.41, 5.74) is 8.73. The van der Waals surface area contributed by atoms with Crippen molar-refractivity contribution in [3.05, 3.63) is 29.3 Å². The fourth-order valence-electron chi connectivity index (χ4n) is 1.87. The van der Waals surface area contributed by atoms with Crippen LogP contribution >= 0.6 is 0 Å². The molecule has 15 heavy (non-hydrogen) atoms. The molecule has 1 atom stereocenters. The zero-order valence-corrected chi connectivity index (χ0v) is 9.49. The van der Waals surface area contributed by atoms with Crippen molar-refractivity contribution in [3.63, 3.8) is 0 Å². The number of rotatable bonds is 3. The topological polar surface area (TPSA) is 35.2 Å². The highest BCUT2D eigenvalue weighted by Gasteiger charge is 2.14. The zero-order chi connectivity index (χ0) is 10.8. The lowest BCUT2D eigenvalue weighted by Crippen LogP contribution is -2.28. The van der Waals surface area contributed by atoms with Crippen molar-refractivity contribution in [2.24, 2.45) is 11.7 Å². The van der Waals surface area contributed by atoms with Gasteiger partial charge in [-0.15, -0.1) is 0 Å². The zero-order valence-electron chi connectivity index (χ0n) is 9.49. The van der Waals surface area contributed by atoms with Gasteiger partial charge in [0.1, 0.15) is 5.75 Å². The van der Waals surface area contributed by atoms with Crippen LogP contribution in [0.15, 0.2) is 18.2 Å². The Labute approximate surface area is 91.4 Å². The lowest BCUT2D eigenvalue weighted by Gasteiger charge is -2.15. The normalized spacial score (nSPS) is 16.3. The van der Waals surface area contributed by atoms with Gasteiger partial charge in [0, 0.05) is 12.5 Å². The van der Waals surface area contributed by atoms with Crippen molar-refractivity contribution in [2.75, 3.05) is 6.61 Å². The van der Waals surface area contributed by atoms with E-state index in [0.29, 0.717) is 5.92 Å². The molecule has 1 aliphatic rings. The molecule has 0 saturated carbocycles. The molecule has 0 radical (unpaired) electrons. The molecule has 0 fully saturated rings. The summed E-state index contributed by atoms with van der Waals surface area (Å²) in [6.07, 6.45) is 2.00. The summed E-state index contributed by atoms with van der Waals surface area (Å²) < 4.78 is 5.47. The maximum Gasteiger partial charge on any atom is 0.122 e. The monoisotopic (exact) mass is 205 g/mol. The lowest BCUT2D eigenvalue weighted by atomic mass is 9.96. The molecule has 1 aliphatic heterocycles. The van der Waals surface area contributed by atoms with Gasteiger partial charge in [-0.1, -0.05) is 26.0 Å². The van der Waals surface area contributed by atoms with E-state index in [-0.39, 0.29) is 6.04 Å². The second kappa shape index (κ2) is 4.23. The molecule has 0 spiro atoms. The molecule has 0 aliphatic carbocycles. The van der Waals surface area contributed by atoms with Crippen molar-refractivity contribution in [3.8, 4) is 5.75 Å². The molecular formula is C13H19NO. The van der Waals surface area contributed by atoms with E-state index in [1.807, 2.05) is 0 Å². The maximum atomic E-state index is 6.06. The van der Waals surface area contributed by atoms with Crippen molar-refractivity contribution in [1.29, 1.82) is 0 Å². The second-order valence-electron chi connectivity index (χ2n) is 4.65. The minimum atomic E-state index is 0.255. The van der Waals surface area contributed by atoms with E-state index in [9.17, 15) is 0 Å². The Balaban J connectivity index is 2.10. The first-order valence-electron chi connectivity index (χ1n) is 5.67. The van der Waals surface area contributed by atoms with Crippen LogP contribution in [0.4, 0.5) is 0 Å². The van der Waals surface area contributed by atoms with Gasteiger partial charge in [-0.05, 0) is 29.5 Å². The molecule has 2 nitrogen and oxygen atoms in total. The van der Waals surface area contributed by atoms with Crippen LogP contribution < -0.4 is 10.5 Å². The number of hydrogen-bond donors (Lipinski definition) is 1. The smallest absolute Gasteiger partial charge is 0.122 e. The van der Waals surface area contributed by atoms with Crippen LogP contribution in [-0.4, -0.2) is 12.6 Å². The van der Waals surface area contributed by atoms with E-state index in [2.05, 4.69) is 32.0 Å². The van der Waals surface area contributed by atoms with E-state index < -0.39 is 0 Å². The maximum absolute atomic E-state index is 6.06. The highest BCUT2D eigenvalue weighted by Crippen LogP contribution is 2.26. The van der Waals surface area contributed by atoms with Crippen LogP contribution in [0.1, 0.15) is 25.0 Å². The molecular weight excluding hydrogens is 186 g/mol. The fraction of sp³-hybridized carbons (Fsp3) is 0.538. The second-order valence-corrected chi connectivity index (χ2v) is 4.65. The van der Waals surface area contributed by atoms with Crippen molar-refractivity contribution in [1.82, 2.24) is 0 Å². The fourth-order valence-corrected chi connectivity index (χ4v) is 1.87. The summed E-state index contributed by atoms with van der Waals surface area (Å²) in [6.45, 7) is 5.16. The van der Waals surface area contributed by atoms with Crippen LogP contribution in [0.25, 0.3) is 0 Å². The number of hydrogen-bond acceptors (Lipinski definition) is 2. The molecule has 0 saturated heterocycles. The molecule has 0 amide bonds. The molecule has 2 heteroatoms. The van der Waals surface area contributed by atoms with Gasteiger partial charge >= 0.3 is 0 Å². The Hall–Kier alpha value is -1.02. The first kappa shape index (κ1) is 10.5. The SMILES string of the molecule is CC(C)C(N)Cc1ccc2c(c1)CCO2. The molecule has 1 unspecified atom stereocenters. The predicted molar refractivity (Wildman–Crippen MR) is 62.2 cm³/mol. The van der Waals surface area contributed by atoms with E-state index in [1.165, 1.54) is 11.1 Å². The summed E-state index contributed by atoms with van der Waals surface area (Å²) >= 11 is 0. The highest BCUT2D eigenvalue weighted by atomic mass is 16.5. The Morgan fingerprint density at radius 1 is 1.40 bits per heavy atom. The van der Waals surface area contributed by atoms with Crippen LogP contribution in [-0.2, 0) is 12.8 Å². The first-order valence-corrected chi connectivity index (χ1v) is 5.67. The van der Waals surface area contributed by atoms with Gasteiger partial charge in [0.2, 0.25) is 0 Å². The van der Waals surface area contributed by atoms with Gasteiger partial charge in [0.25, 0.3) is 0 Å². The number of fused-ring (bicyclic) bond motifs is 1. The van der Waals surface area contributed by atoms with Crippen molar-refractivity contribution >= 4 is 0 Å². The lowest BCUT2D eigenvalue weighted by molar-refractivity contribution is 0.357. The molecule has 2 N–H and O–H groups in total. The van der Waals surface area contributed by atoms with Gasteiger partial charge in [0.05, 0.1) is 6.61 Å². The average Bonchev–Trinajstić information content (AvgIpc) is 2.64. The van der Waals surface area contributed by atoms with Crippen molar-refractivity contribution in [2.45, 2.75) is 32.7 Å². The molecule has 82 valence electrons. The summed E-state index contributed by atoms with van der Waals surface area (Å²) in [5.74, 6) is 1.59. The first-order chi connectivity index (χ1) is 7.16. The summed E-state index contributed by atoms with van der Waals surface area (Å²) in [7, 11) is 0. The molecule has 0 aromatic heterocycles. The number of nitrogens with two attached hydrogens (primary N) is 1. The average molecular weight is 205 g/mol. The Morgan fingerprint density at radius 3 is 2.93 bits per heavy atom. The van der Waals surface area contributed by atoms with Gasteiger partial charge < -0.3 is 10.5 Å². The van der Waals surface area contributed by atoms with E-state index in [0.717, 1.165) is 25.2 Å². The minimum absolute atomic E-state index is 0.255.